The molecule has 1 fully saturated rings. The molecular weight excluding hydrogens is 202 g/mol. The number of hydrogen-bond donors (Lipinski definition) is 0. The Morgan fingerprint density at radius 2 is 1.88 bits per heavy atom. The van der Waals surface area contributed by atoms with Crippen molar-refractivity contribution in [3.05, 3.63) is 0 Å². The number of aliphatic imine (C=N–C) groups is 1. The molecule has 1 saturated carbocycles. The van der Waals surface area contributed by atoms with Crippen LogP contribution in [0.15, 0.2) is 4.99 Å². The highest BCUT2D eigenvalue weighted by atomic mass is 16.6. The number of ether oxygens (including phenoxy) is 1. The topological polar surface area (TPSA) is 38.7 Å². The Morgan fingerprint density at radius 1 is 1.25 bits per heavy atom. The molecule has 0 amide bonds. The fourth-order valence-electron chi connectivity index (χ4n) is 2.37. The van der Waals surface area contributed by atoms with Crippen molar-refractivity contribution >= 4 is 11.7 Å². The zero-order chi connectivity index (χ0) is 11.8. The summed E-state index contributed by atoms with van der Waals surface area (Å²) in [5.41, 5.74) is 0.710. The number of carbonyl (C=O) groups excluding carboxylic acids is 1. The van der Waals surface area contributed by atoms with Crippen molar-refractivity contribution < 1.29 is 9.53 Å². The zero-order valence-electron chi connectivity index (χ0n) is 10.5. The Hall–Kier alpha value is -0.860. The van der Waals surface area contributed by atoms with Crippen LogP contribution in [0.1, 0.15) is 52.9 Å². The van der Waals surface area contributed by atoms with Crippen molar-refractivity contribution in [1.29, 1.82) is 0 Å². The van der Waals surface area contributed by atoms with Crippen molar-refractivity contribution in [2.24, 2.45) is 10.9 Å². The zero-order valence-corrected chi connectivity index (χ0v) is 10.5. The Balaban J connectivity index is 1.81. The Labute approximate surface area is 97.3 Å². The highest BCUT2D eigenvalue weighted by Crippen LogP contribution is 2.33. The smallest absolute Gasteiger partial charge is 0.337 e. The number of esters is 1. The van der Waals surface area contributed by atoms with Gasteiger partial charge in [-0.3, -0.25) is 4.99 Å². The van der Waals surface area contributed by atoms with Gasteiger partial charge >= 0.3 is 5.97 Å². The molecule has 0 aromatic rings. The summed E-state index contributed by atoms with van der Waals surface area (Å²) in [5.74, 6) is 0.402. The summed E-state index contributed by atoms with van der Waals surface area (Å²) in [4.78, 5) is 16.0. The molecule has 1 atom stereocenters. The third kappa shape index (κ3) is 2.83. The van der Waals surface area contributed by atoms with Gasteiger partial charge in [-0.1, -0.05) is 19.3 Å². The first kappa shape index (κ1) is 11.6. The van der Waals surface area contributed by atoms with Gasteiger partial charge in [-0.15, -0.1) is 0 Å². The van der Waals surface area contributed by atoms with Crippen LogP contribution in [0.4, 0.5) is 0 Å². The first-order valence-electron chi connectivity index (χ1n) is 6.28. The highest BCUT2D eigenvalue weighted by molar-refractivity contribution is 6.17. The van der Waals surface area contributed by atoms with Gasteiger partial charge in [-0.2, -0.15) is 0 Å². The minimum absolute atomic E-state index is 0.159. The molecule has 1 unspecified atom stereocenters. The average molecular weight is 223 g/mol. The van der Waals surface area contributed by atoms with Gasteiger partial charge < -0.3 is 4.74 Å². The first-order chi connectivity index (χ1) is 7.47. The van der Waals surface area contributed by atoms with Gasteiger partial charge in [-0.25, -0.2) is 4.79 Å². The Morgan fingerprint density at radius 3 is 2.44 bits per heavy atom. The summed E-state index contributed by atoms with van der Waals surface area (Å²) in [6, 6.07) is -0.234. The van der Waals surface area contributed by atoms with E-state index in [4.69, 9.17) is 4.74 Å². The number of rotatable bonds is 2. The lowest BCUT2D eigenvalue weighted by Gasteiger charge is -2.21. The van der Waals surface area contributed by atoms with Crippen LogP contribution in [-0.2, 0) is 9.53 Å². The predicted molar refractivity (Wildman–Crippen MR) is 63.6 cm³/mol. The molecule has 3 heteroatoms. The molecule has 16 heavy (non-hydrogen) atoms. The summed E-state index contributed by atoms with van der Waals surface area (Å²) in [7, 11) is 0. The average Bonchev–Trinajstić information content (AvgIpc) is 2.96. The minimum atomic E-state index is -0.396. The summed E-state index contributed by atoms with van der Waals surface area (Å²) < 4.78 is 5.33. The second-order valence-electron chi connectivity index (χ2n) is 5.82. The van der Waals surface area contributed by atoms with E-state index in [1.807, 2.05) is 20.8 Å². The van der Waals surface area contributed by atoms with E-state index in [2.05, 4.69) is 4.99 Å². The van der Waals surface area contributed by atoms with Crippen molar-refractivity contribution in [2.75, 3.05) is 0 Å². The van der Waals surface area contributed by atoms with E-state index >= 15 is 0 Å². The SMILES string of the molecule is CC(C)(C)OC(=O)C1N=C1C1CCCCC1. The highest BCUT2D eigenvalue weighted by Gasteiger charge is 2.42. The van der Waals surface area contributed by atoms with E-state index in [0.29, 0.717) is 5.92 Å². The van der Waals surface area contributed by atoms with Crippen LogP contribution in [0.2, 0.25) is 0 Å². The van der Waals surface area contributed by atoms with Gasteiger partial charge in [0.05, 0.1) is 5.71 Å². The molecule has 0 aromatic carbocycles. The van der Waals surface area contributed by atoms with Crippen LogP contribution >= 0.6 is 0 Å². The van der Waals surface area contributed by atoms with Crippen LogP contribution in [-0.4, -0.2) is 23.3 Å². The second-order valence-corrected chi connectivity index (χ2v) is 5.82. The van der Waals surface area contributed by atoms with E-state index in [9.17, 15) is 4.79 Å². The van der Waals surface area contributed by atoms with Gasteiger partial charge in [0, 0.05) is 0 Å². The van der Waals surface area contributed by atoms with Crippen LogP contribution in [0.3, 0.4) is 0 Å². The number of nitrogens with zero attached hydrogens (tertiary/aromatic N) is 1. The fourth-order valence-corrected chi connectivity index (χ4v) is 2.37. The van der Waals surface area contributed by atoms with Crippen LogP contribution in [0.25, 0.3) is 0 Å². The molecule has 0 N–H and O–H groups in total. The van der Waals surface area contributed by atoms with Crippen molar-refractivity contribution in [3.8, 4) is 0 Å². The fraction of sp³-hybridized carbons (Fsp3) is 0.846. The molecular formula is C13H21NO2. The summed E-state index contributed by atoms with van der Waals surface area (Å²) in [6.07, 6.45) is 6.31. The van der Waals surface area contributed by atoms with E-state index in [0.717, 1.165) is 5.71 Å². The minimum Gasteiger partial charge on any atom is -0.458 e. The normalized spacial score (nSPS) is 26.2. The quantitative estimate of drug-likeness (QED) is 0.675. The molecule has 2 aliphatic rings. The lowest BCUT2D eigenvalue weighted by atomic mass is 9.86. The Bertz CT molecular complexity index is 308. The molecule has 1 aliphatic carbocycles. The molecule has 0 radical (unpaired) electrons. The van der Waals surface area contributed by atoms with Gasteiger partial charge in [0.2, 0.25) is 0 Å². The van der Waals surface area contributed by atoms with Gasteiger partial charge in [0.15, 0.2) is 6.04 Å². The largest absolute Gasteiger partial charge is 0.458 e. The lowest BCUT2D eigenvalue weighted by molar-refractivity contribution is -0.153. The van der Waals surface area contributed by atoms with Gasteiger partial charge in [0.1, 0.15) is 5.60 Å². The third-order valence-corrected chi connectivity index (χ3v) is 3.14. The molecule has 3 nitrogen and oxygen atoms in total. The second kappa shape index (κ2) is 4.19. The third-order valence-electron chi connectivity index (χ3n) is 3.14. The first-order valence-corrected chi connectivity index (χ1v) is 6.28. The van der Waals surface area contributed by atoms with E-state index in [-0.39, 0.29) is 12.0 Å². The monoisotopic (exact) mass is 223 g/mol. The summed E-state index contributed by atoms with van der Waals surface area (Å²) in [5, 5.41) is 0. The number of carbonyl (C=O) groups is 1. The van der Waals surface area contributed by atoms with Gasteiger partial charge in [0.25, 0.3) is 0 Å². The maximum Gasteiger partial charge on any atom is 0.337 e. The lowest BCUT2D eigenvalue weighted by Crippen LogP contribution is -2.30. The Kier molecular flexibility index (Phi) is 3.04. The van der Waals surface area contributed by atoms with Crippen molar-refractivity contribution in [3.63, 3.8) is 0 Å². The molecule has 0 aromatic heterocycles. The van der Waals surface area contributed by atoms with E-state index in [1.54, 1.807) is 0 Å². The van der Waals surface area contributed by atoms with Crippen LogP contribution in [0.5, 0.6) is 0 Å². The summed E-state index contributed by atoms with van der Waals surface area (Å²) >= 11 is 0. The molecule has 1 aliphatic heterocycles. The van der Waals surface area contributed by atoms with Crippen molar-refractivity contribution in [1.82, 2.24) is 0 Å². The van der Waals surface area contributed by atoms with E-state index in [1.165, 1.54) is 32.1 Å². The van der Waals surface area contributed by atoms with Crippen molar-refractivity contribution in [2.45, 2.75) is 64.5 Å². The molecule has 2 rings (SSSR count). The molecule has 90 valence electrons. The molecule has 0 saturated heterocycles. The standard InChI is InChI=1S/C13H21NO2/c1-13(2,3)16-12(15)11-10(14-11)9-7-5-4-6-8-9/h9,11H,4-8H2,1-3H3. The maximum atomic E-state index is 11.7. The van der Waals surface area contributed by atoms with E-state index < -0.39 is 5.60 Å². The molecule has 0 bridgehead atoms. The van der Waals surface area contributed by atoms with Crippen LogP contribution < -0.4 is 0 Å². The van der Waals surface area contributed by atoms with Crippen LogP contribution in [0, 0.1) is 5.92 Å². The summed E-state index contributed by atoms with van der Waals surface area (Å²) in [6.45, 7) is 5.69. The maximum absolute atomic E-state index is 11.7. The molecule has 1 heterocycles. The number of hydrogen-bond acceptors (Lipinski definition) is 3. The molecule has 0 spiro atoms. The predicted octanol–water partition coefficient (Wildman–Crippen LogP) is 2.73. The van der Waals surface area contributed by atoms with Gasteiger partial charge in [-0.05, 0) is 39.5 Å².